The lowest BCUT2D eigenvalue weighted by Gasteiger charge is -2.08. The molecule has 0 aliphatic rings. The van der Waals surface area contributed by atoms with E-state index >= 15 is 0 Å². The maximum atomic E-state index is 12.9. The molecule has 94 valence electrons. The van der Waals surface area contributed by atoms with Gasteiger partial charge in [0.25, 0.3) is 0 Å². The number of benzene rings is 2. The van der Waals surface area contributed by atoms with Crippen molar-refractivity contribution in [3.05, 3.63) is 64.4 Å². The highest BCUT2D eigenvalue weighted by molar-refractivity contribution is 6.33. The van der Waals surface area contributed by atoms with Gasteiger partial charge in [0.05, 0.1) is 10.7 Å². The summed E-state index contributed by atoms with van der Waals surface area (Å²) in [5.74, 6) is -1.73. The zero-order valence-corrected chi connectivity index (χ0v) is 9.94. The maximum Gasteiger partial charge on any atom is 0.126 e. The molecule has 0 amide bonds. The van der Waals surface area contributed by atoms with E-state index in [1.165, 1.54) is 24.3 Å². The van der Waals surface area contributed by atoms with E-state index in [2.05, 4.69) is 5.32 Å². The summed E-state index contributed by atoms with van der Waals surface area (Å²) in [4.78, 5) is 0. The summed E-state index contributed by atoms with van der Waals surface area (Å²) < 4.78 is 38.7. The first-order valence-corrected chi connectivity index (χ1v) is 5.56. The molecule has 0 unspecified atom stereocenters. The van der Waals surface area contributed by atoms with Gasteiger partial charge >= 0.3 is 0 Å². The minimum absolute atomic E-state index is 0.194. The van der Waals surface area contributed by atoms with Gasteiger partial charge in [0.1, 0.15) is 17.5 Å². The largest absolute Gasteiger partial charge is 0.380 e. The Bertz CT molecular complexity index is 552. The van der Waals surface area contributed by atoms with E-state index < -0.39 is 17.5 Å². The van der Waals surface area contributed by atoms with Crippen LogP contribution in [0.2, 0.25) is 5.02 Å². The fourth-order valence-corrected chi connectivity index (χ4v) is 1.78. The highest BCUT2D eigenvalue weighted by atomic mass is 35.5. The molecule has 2 aromatic carbocycles. The Hall–Kier alpha value is -1.68. The van der Waals surface area contributed by atoms with Crippen molar-refractivity contribution in [1.29, 1.82) is 0 Å². The predicted octanol–water partition coefficient (Wildman–Crippen LogP) is 4.37. The quantitative estimate of drug-likeness (QED) is 0.874. The third kappa shape index (κ3) is 3.17. The van der Waals surface area contributed by atoms with Crippen molar-refractivity contribution >= 4 is 17.3 Å². The highest BCUT2D eigenvalue weighted by Gasteiger charge is 2.04. The molecule has 0 aromatic heterocycles. The molecule has 0 radical (unpaired) electrons. The van der Waals surface area contributed by atoms with Crippen molar-refractivity contribution in [2.75, 3.05) is 5.32 Å². The first-order chi connectivity index (χ1) is 8.54. The van der Waals surface area contributed by atoms with Crippen LogP contribution in [0.4, 0.5) is 18.9 Å². The van der Waals surface area contributed by atoms with E-state index in [0.717, 1.165) is 12.1 Å². The molecule has 18 heavy (non-hydrogen) atoms. The van der Waals surface area contributed by atoms with E-state index in [1.807, 2.05) is 0 Å². The Labute approximate surface area is 107 Å². The second-order valence-corrected chi connectivity index (χ2v) is 4.16. The van der Waals surface area contributed by atoms with Gasteiger partial charge in [0.2, 0.25) is 0 Å². The van der Waals surface area contributed by atoms with Crippen LogP contribution in [-0.4, -0.2) is 0 Å². The zero-order valence-electron chi connectivity index (χ0n) is 9.18. The van der Waals surface area contributed by atoms with Crippen LogP contribution in [0.5, 0.6) is 0 Å². The number of halogens is 4. The second-order valence-electron chi connectivity index (χ2n) is 3.76. The topological polar surface area (TPSA) is 12.0 Å². The zero-order chi connectivity index (χ0) is 13.1. The Balaban J connectivity index is 2.11. The summed E-state index contributed by atoms with van der Waals surface area (Å²) in [6.45, 7) is 0.194. The van der Waals surface area contributed by atoms with Crippen LogP contribution in [0.3, 0.4) is 0 Å². The lowest BCUT2D eigenvalue weighted by Crippen LogP contribution is -2.01. The molecule has 0 spiro atoms. The number of hydrogen-bond acceptors (Lipinski definition) is 1. The molecule has 0 saturated heterocycles. The van der Waals surface area contributed by atoms with Gasteiger partial charge in [-0.1, -0.05) is 11.6 Å². The second kappa shape index (κ2) is 5.31. The lowest BCUT2D eigenvalue weighted by atomic mass is 10.2. The molecule has 0 atom stereocenters. The fourth-order valence-electron chi connectivity index (χ4n) is 1.54. The van der Waals surface area contributed by atoms with E-state index in [1.54, 1.807) is 0 Å². The monoisotopic (exact) mass is 271 g/mol. The molecule has 0 heterocycles. The number of rotatable bonds is 3. The summed E-state index contributed by atoms with van der Waals surface area (Å²) in [5, 5.41) is 3.09. The lowest BCUT2D eigenvalue weighted by molar-refractivity contribution is 0.580. The van der Waals surface area contributed by atoms with E-state index in [-0.39, 0.29) is 11.6 Å². The van der Waals surface area contributed by atoms with E-state index in [4.69, 9.17) is 11.6 Å². The highest BCUT2D eigenvalue weighted by Crippen LogP contribution is 2.23. The predicted molar refractivity (Wildman–Crippen MR) is 65.1 cm³/mol. The van der Waals surface area contributed by atoms with Crippen LogP contribution in [-0.2, 0) is 6.54 Å². The molecule has 0 aliphatic carbocycles. The average molecular weight is 272 g/mol. The smallest absolute Gasteiger partial charge is 0.126 e. The van der Waals surface area contributed by atoms with Gasteiger partial charge in [-0.25, -0.2) is 13.2 Å². The third-order valence-electron chi connectivity index (χ3n) is 2.34. The van der Waals surface area contributed by atoms with E-state index in [9.17, 15) is 13.2 Å². The molecule has 2 aromatic rings. The fraction of sp³-hybridized carbons (Fsp3) is 0.0769. The van der Waals surface area contributed by atoms with Crippen molar-refractivity contribution in [3.63, 3.8) is 0 Å². The van der Waals surface area contributed by atoms with Gasteiger partial charge < -0.3 is 5.32 Å². The number of anilines is 1. The van der Waals surface area contributed by atoms with Crippen molar-refractivity contribution in [3.8, 4) is 0 Å². The number of hydrogen-bond donors (Lipinski definition) is 1. The van der Waals surface area contributed by atoms with Crippen LogP contribution in [0, 0.1) is 17.5 Å². The van der Waals surface area contributed by atoms with Gasteiger partial charge in [0, 0.05) is 12.6 Å². The SMILES string of the molecule is Fc1cc(F)cc(CNc2ccc(F)cc2Cl)c1. The molecule has 1 N–H and O–H groups in total. The maximum absolute atomic E-state index is 12.9. The molecule has 1 nitrogen and oxygen atoms in total. The van der Waals surface area contributed by atoms with Crippen LogP contribution >= 0.6 is 11.6 Å². The van der Waals surface area contributed by atoms with Crippen LogP contribution in [0.15, 0.2) is 36.4 Å². The minimum Gasteiger partial charge on any atom is -0.380 e. The van der Waals surface area contributed by atoms with Crippen molar-refractivity contribution < 1.29 is 13.2 Å². The average Bonchev–Trinajstić information content (AvgIpc) is 2.26. The first kappa shape index (κ1) is 12.8. The first-order valence-electron chi connectivity index (χ1n) is 5.18. The summed E-state index contributed by atoms with van der Waals surface area (Å²) in [6.07, 6.45) is 0. The Morgan fingerprint density at radius 1 is 0.889 bits per heavy atom. The van der Waals surface area contributed by atoms with Crippen molar-refractivity contribution in [1.82, 2.24) is 0 Å². The Kier molecular flexibility index (Phi) is 3.77. The molecule has 0 bridgehead atoms. The summed E-state index contributed by atoms with van der Waals surface area (Å²) in [5.41, 5.74) is 0.940. The molecule has 0 fully saturated rings. The Morgan fingerprint density at radius 2 is 1.56 bits per heavy atom. The molecule has 5 heteroatoms. The molecular formula is C13H9ClF3N. The van der Waals surface area contributed by atoms with Gasteiger partial charge in [0.15, 0.2) is 0 Å². The summed E-state index contributed by atoms with van der Waals surface area (Å²) in [7, 11) is 0. The molecular weight excluding hydrogens is 263 g/mol. The van der Waals surface area contributed by atoms with Gasteiger partial charge in [-0.05, 0) is 35.9 Å². The summed E-state index contributed by atoms with van der Waals surface area (Å²) in [6, 6.07) is 7.11. The minimum atomic E-state index is -0.642. The number of nitrogens with one attached hydrogen (secondary N) is 1. The van der Waals surface area contributed by atoms with Gasteiger partial charge in [-0.15, -0.1) is 0 Å². The van der Waals surface area contributed by atoms with Gasteiger partial charge in [-0.2, -0.15) is 0 Å². The van der Waals surface area contributed by atoms with Crippen LogP contribution < -0.4 is 5.32 Å². The summed E-state index contributed by atoms with van der Waals surface area (Å²) >= 11 is 5.81. The van der Waals surface area contributed by atoms with Crippen LogP contribution in [0.1, 0.15) is 5.56 Å². The van der Waals surface area contributed by atoms with Crippen molar-refractivity contribution in [2.24, 2.45) is 0 Å². The third-order valence-corrected chi connectivity index (χ3v) is 2.65. The Morgan fingerprint density at radius 3 is 2.17 bits per heavy atom. The molecule has 0 saturated carbocycles. The molecule has 0 aliphatic heterocycles. The van der Waals surface area contributed by atoms with E-state index in [0.29, 0.717) is 11.3 Å². The van der Waals surface area contributed by atoms with Gasteiger partial charge in [-0.3, -0.25) is 0 Å². The molecule has 2 rings (SSSR count). The van der Waals surface area contributed by atoms with Crippen LogP contribution in [0.25, 0.3) is 0 Å². The normalized spacial score (nSPS) is 10.4. The standard InChI is InChI=1S/C13H9ClF3N/c14-12-6-9(15)1-2-13(12)18-7-8-3-10(16)5-11(17)4-8/h1-6,18H,7H2. The van der Waals surface area contributed by atoms with Crippen molar-refractivity contribution in [2.45, 2.75) is 6.54 Å².